The molecule has 0 aliphatic carbocycles. The number of methoxy groups -OCH3 is 1. The summed E-state index contributed by atoms with van der Waals surface area (Å²) in [5.74, 6) is 1.67. The number of nitrogens with zero attached hydrogens (tertiary/aromatic N) is 3. The van der Waals surface area contributed by atoms with E-state index < -0.39 is 0 Å². The smallest absolute Gasteiger partial charge is 0.230 e. The minimum atomic E-state index is -0.291. The van der Waals surface area contributed by atoms with Crippen LogP contribution in [0.2, 0.25) is 0 Å². The van der Waals surface area contributed by atoms with Crippen molar-refractivity contribution in [3.05, 3.63) is 63.6 Å². The number of nitrogens with one attached hydrogen (secondary N) is 2. The van der Waals surface area contributed by atoms with E-state index in [0.717, 1.165) is 15.6 Å². The molecule has 8 nitrogen and oxygen atoms in total. The minimum Gasteiger partial charge on any atom is -0.493 e. The van der Waals surface area contributed by atoms with Crippen molar-refractivity contribution in [2.45, 2.75) is 51.5 Å². The van der Waals surface area contributed by atoms with Gasteiger partial charge in [0.05, 0.1) is 23.9 Å². The van der Waals surface area contributed by atoms with Crippen molar-refractivity contribution in [1.82, 2.24) is 20.2 Å². The summed E-state index contributed by atoms with van der Waals surface area (Å²) >= 11 is 4.87. The molecule has 0 bridgehead atoms. The average Bonchev–Trinajstić information content (AvgIpc) is 3.14. The van der Waals surface area contributed by atoms with E-state index in [1.165, 1.54) is 23.9 Å². The topological polar surface area (TPSA) is 90.3 Å². The van der Waals surface area contributed by atoms with Gasteiger partial charge in [0.1, 0.15) is 18.2 Å². The molecular weight excluding hydrogens is 537 g/mol. The molecule has 0 saturated heterocycles. The van der Waals surface area contributed by atoms with E-state index in [0.29, 0.717) is 29.0 Å². The highest BCUT2D eigenvalue weighted by molar-refractivity contribution is 9.10. The number of hydrogen-bond acceptors (Lipinski definition) is 7. The molecule has 0 unspecified atom stereocenters. The summed E-state index contributed by atoms with van der Waals surface area (Å²) in [6.07, 6.45) is 0. The Morgan fingerprint density at radius 3 is 2.54 bits per heavy atom. The molecule has 0 aliphatic rings. The summed E-state index contributed by atoms with van der Waals surface area (Å²) in [5, 5.41) is 11.8. The first-order chi connectivity index (χ1) is 16.6. The first-order valence-corrected chi connectivity index (χ1v) is 12.7. The molecule has 0 saturated carbocycles. The first-order valence-electron chi connectivity index (χ1n) is 10.9. The van der Waals surface area contributed by atoms with Gasteiger partial charge < -0.3 is 20.2 Å². The monoisotopic (exact) mass is 565 g/mol. The fraction of sp³-hybridized carbons (Fsp3) is 0.375. The fourth-order valence-electron chi connectivity index (χ4n) is 3.12. The second-order valence-electron chi connectivity index (χ2n) is 8.81. The quantitative estimate of drug-likeness (QED) is 0.340. The molecule has 0 spiro atoms. The average molecular weight is 566 g/mol. The van der Waals surface area contributed by atoms with Crippen LogP contribution in [0.25, 0.3) is 0 Å². The molecule has 3 aromatic rings. The van der Waals surface area contributed by atoms with Gasteiger partial charge in [-0.25, -0.2) is 9.07 Å². The maximum atomic E-state index is 13.1. The van der Waals surface area contributed by atoms with Gasteiger partial charge in [0.25, 0.3) is 0 Å². The summed E-state index contributed by atoms with van der Waals surface area (Å²) in [6.45, 7) is 8.38. The van der Waals surface area contributed by atoms with Crippen LogP contribution in [0, 0.1) is 12.7 Å². The Bertz CT molecular complexity index is 1170. The predicted octanol–water partition coefficient (Wildman–Crippen LogP) is 4.83. The summed E-state index contributed by atoms with van der Waals surface area (Å²) in [5.41, 5.74) is 4.78. The molecule has 1 aromatic heterocycles. The Morgan fingerprint density at radius 1 is 1.17 bits per heavy atom. The van der Waals surface area contributed by atoms with Gasteiger partial charge in [0.15, 0.2) is 11.5 Å². The third kappa shape index (κ3) is 7.86. The van der Waals surface area contributed by atoms with Crippen molar-refractivity contribution >= 4 is 33.6 Å². The number of halogens is 2. The van der Waals surface area contributed by atoms with Gasteiger partial charge in [-0.1, -0.05) is 23.9 Å². The Morgan fingerprint density at radius 2 is 1.89 bits per heavy atom. The van der Waals surface area contributed by atoms with E-state index >= 15 is 0 Å². The fourth-order valence-corrected chi connectivity index (χ4v) is 4.49. The largest absolute Gasteiger partial charge is 0.493 e. The lowest BCUT2D eigenvalue weighted by Crippen LogP contribution is -2.41. The number of thioether (sulfide) groups is 1. The number of aromatic nitrogens is 3. The lowest BCUT2D eigenvalue weighted by atomic mass is 10.1. The number of hydrogen-bond donors (Lipinski definition) is 2. The van der Waals surface area contributed by atoms with Crippen LogP contribution in [0.5, 0.6) is 11.5 Å². The van der Waals surface area contributed by atoms with Gasteiger partial charge >= 0.3 is 0 Å². The first kappa shape index (κ1) is 26.8. The number of rotatable bonds is 10. The number of carbonyl (C=O) groups is 1. The van der Waals surface area contributed by atoms with Gasteiger partial charge in [-0.3, -0.25) is 4.79 Å². The minimum absolute atomic E-state index is 0.0698. The normalized spacial score (nSPS) is 11.3. The molecule has 0 atom stereocenters. The molecule has 1 heterocycles. The van der Waals surface area contributed by atoms with Crippen LogP contribution in [0.1, 0.15) is 37.7 Å². The molecule has 11 heteroatoms. The summed E-state index contributed by atoms with van der Waals surface area (Å²) in [4.78, 5) is 12.2. The van der Waals surface area contributed by atoms with Crippen molar-refractivity contribution in [3.8, 4) is 11.5 Å². The Kier molecular flexibility index (Phi) is 9.01. The van der Waals surface area contributed by atoms with Crippen LogP contribution >= 0.6 is 27.7 Å². The van der Waals surface area contributed by atoms with Gasteiger partial charge in [-0.05, 0) is 79.0 Å². The highest BCUT2D eigenvalue weighted by atomic mass is 79.9. The maximum Gasteiger partial charge on any atom is 0.230 e. The molecular formula is C24H29BrFN5O3S. The summed E-state index contributed by atoms with van der Waals surface area (Å²) in [6, 6.07) is 9.96. The highest BCUT2D eigenvalue weighted by Gasteiger charge is 2.17. The van der Waals surface area contributed by atoms with E-state index in [1.807, 2.05) is 39.8 Å². The van der Waals surface area contributed by atoms with Crippen LogP contribution in [-0.2, 0) is 17.9 Å². The molecule has 35 heavy (non-hydrogen) atoms. The van der Waals surface area contributed by atoms with Gasteiger partial charge in [-0.15, -0.1) is 10.2 Å². The number of ether oxygens (including phenoxy) is 2. The molecule has 1 amide bonds. The van der Waals surface area contributed by atoms with Crippen molar-refractivity contribution in [2.75, 3.05) is 18.3 Å². The highest BCUT2D eigenvalue weighted by Crippen LogP contribution is 2.37. The van der Waals surface area contributed by atoms with Crippen molar-refractivity contribution < 1.29 is 18.7 Å². The number of carbonyl (C=O) groups excluding carboxylic acids is 1. The standard InChI is InChI=1S/C24H29BrFN5O3S/c1-15-29-30-23(35-14-21(32)28-24(2,3)4)31(15)27-12-17-10-19(25)22(20(11-17)33-5)34-13-16-6-8-18(26)9-7-16/h6-11,27H,12-14H2,1-5H3,(H,28,32). The van der Waals surface area contributed by atoms with E-state index in [9.17, 15) is 9.18 Å². The Hall–Kier alpha value is -2.79. The van der Waals surface area contributed by atoms with E-state index in [1.54, 1.807) is 23.9 Å². The van der Waals surface area contributed by atoms with Crippen LogP contribution in [0.15, 0.2) is 46.0 Å². The van der Waals surface area contributed by atoms with Crippen LogP contribution in [0.3, 0.4) is 0 Å². The van der Waals surface area contributed by atoms with Crippen LogP contribution in [-0.4, -0.2) is 39.2 Å². The van der Waals surface area contributed by atoms with Crippen LogP contribution in [0.4, 0.5) is 4.39 Å². The summed E-state index contributed by atoms with van der Waals surface area (Å²) < 4.78 is 27.1. The third-order valence-corrected chi connectivity index (χ3v) is 6.19. The van der Waals surface area contributed by atoms with E-state index in [2.05, 4.69) is 36.9 Å². The van der Waals surface area contributed by atoms with Crippen molar-refractivity contribution in [3.63, 3.8) is 0 Å². The predicted molar refractivity (Wildman–Crippen MR) is 138 cm³/mol. The second-order valence-corrected chi connectivity index (χ2v) is 10.6. The number of amides is 1. The van der Waals surface area contributed by atoms with Crippen molar-refractivity contribution in [2.24, 2.45) is 0 Å². The molecule has 0 aliphatic heterocycles. The van der Waals surface area contributed by atoms with Gasteiger partial charge in [0, 0.05) is 5.54 Å². The lowest BCUT2D eigenvalue weighted by Gasteiger charge is -2.20. The molecule has 0 fully saturated rings. The Labute approximate surface area is 217 Å². The Balaban J connectivity index is 1.66. The molecule has 2 N–H and O–H groups in total. The molecule has 188 valence electrons. The number of benzene rings is 2. The number of aryl methyl sites for hydroxylation is 1. The van der Waals surface area contributed by atoms with Crippen molar-refractivity contribution in [1.29, 1.82) is 0 Å². The third-order valence-electron chi connectivity index (χ3n) is 4.67. The second kappa shape index (κ2) is 11.8. The SMILES string of the molecule is COc1cc(CNn2c(C)nnc2SCC(=O)NC(C)(C)C)cc(Br)c1OCc1ccc(F)cc1. The molecule has 2 aromatic carbocycles. The van der Waals surface area contributed by atoms with E-state index in [4.69, 9.17) is 9.47 Å². The maximum absolute atomic E-state index is 13.1. The zero-order valence-corrected chi connectivity index (χ0v) is 22.7. The summed E-state index contributed by atoms with van der Waals surface area (Å²) in [7, 11) is 1.57. The lowest BCUT2D eigenvalue weighted by molar-refractivity contribution is -0.119. The van der Waals surface area contributed by atoms with Gasteiger partial charge in [0.2, 0.25) is 11.1 Å². The van der Waals surface area contributed by atoms with E-state index in [-0.39, 0.29) is 29.6 Å². The van der Waals surface area contributed by atoms with Gasteiger partial charge in [-0.2, -0.15) is 0 Å². The molecule has 0 radical (unpaired) electrons. The zero-order valence-electron chi connectivity index (χ0n) is 20.3. The van der Waals surface area contributed by atoms with Crippen LogP contribution < -0.4 is 20.2 Å². The zero-order chi connectivity index (χ0) is 25.6. The molecule has 3 rings (SSSR count).